The molecular weight excluding hydrogens is 157 g/mol. The molecule has 0 saturated heterocycles. The van der Waals surface area contributed by atoms with Crippen molar-refractivity contribution in [3.63, 3.8) is 0 Å². The summed E-state index contributed by atoms with van der Waals surface area (Å²) in [4.78, 5) is 12.0. The number of hydrogen-bond acceptors (Lipinski definition) is 1. The fourth-order valence-electron chi connectivity index (χ4n) is 0.890. The molecule has 0 heterocycles. The maximum absolute atomic E-state index is 12.4. The largest absolute Gasteiger partial charge is 0.343 e. The molecule has 3 heteroatoms. The Morgan fingerprint density at radius 1 is 1.25 bits per heavy atom. The van der Waals surface area contributed by atoms with E-state index in [9.17, 15) is 9.18 Å². The number of carbonyl (C=O) groups is 1. The second-order valence-electron chi connectivity index (χ2n) is 2.84. The van der Waals surface area contributed by atoms with Crippen LogP contribution in [0.5, 0.6) is 0 Å². The van der Waals surface area contributed by atoms with E-state index in [0.717, 1.165) is 0 Å². The zero-order chi connectivity index (χ0) is 9.14. The first kappa shape index (κ1) is 8.87. The number of benzene rings is 1. The van der Waals surface area contributed by atoms with Gasteiger partial charge in [-0.25, -0.2) is 9.18 Å². The highest BCUT2D eigenvalue weighted by molar-refractivity contribution is 5.86. The average Bonchev–Trinajstić information content (AvgIpc) is 2.04. The van der Waals surface area contributed by atoms with Gasteiger partial charge in [0.25, 0.3) is 0 Å². The van der Waals surface area contributed by atoms with Gasteiger partial charge in [-0.15, -0.1) is 0 Å². The lowest BCUT2D eigenvalue weighted by atomic mass is 10.2. The van der Waals surface area contributed by atoms with E-state index < -0.39 is 0 Å². The predicted octanol–water partition coefficient (Wildman–Crippen LogP) is 0.110. The Kier molecular flexibility index (Phi) is 2.55. The fraction of sp³-hybridized carbons (Fsp3) is 0.222. The SMILES string of the molecule is C[NH+](C)C(=O)c1ccc(F)cc1. The minimum absolute atomic E-state index is 0.0324. The first-order chi connectivity index (χ1) is 5.61. The van der Waals surface area contributed by atoms with E-state index in [1.807, 2.05) is 0 Å². The van der Waals surface area contributed by atoms with Crippen LogP contribution < -0.4 is 4.90 Å². The Morgan fingerprint density at radius 2 is 1.75 bits per heavy atom. The van der Waals surface area contributed by atoms with Gasteiger partial charge in [-0.2, -0.15) is 0 Å². The van der Waals surface area contributed by atoms with Crippen molar-refractivity contribution < 1.29 is 14.1 Å². The van der Waals surface area contributed by atoms with Gasteiger partial charge in [-0.05, 0) is 24.3 Å². The van der Waals surface area contributed by atoms with Gasteiger partial charge in [0.05, 0.1) is 19.7 Å². The van der Waals surface area contributed by atoms with E-state index in [1.165, 1.54) is 24.3 Å². The Labute approximate surface area is 70.6 Å². The van der Waals surface area contributed by atoms with Gasteiger partial charge in [0.2, 0.25) is 0 Å². The van der Waals surface area contributed by atoms with Crippen molar-refractivity contribution in [2.24, 2.45) is 0 Å². The summed E-state index contributed by atoms with van der Waals surface area (Å²) in [5, 5.41) is 0. The second-order valence-corrected chi connectivity index (χ2v) is 2.84. The molecule has 1 aromatic rings. The van der Waals surface area contributed by atoms with Gasteiger partial charge >= 0.3 is 5.91 Å². The van der Waals surface area contributed by atoms with Crippen LogP contribution in [0.2, 0.25) is 0 Å². The quantitative estimate of drug-likeness (QED) is 0.631. The van der Waals surface area contributed by atoms with Gasteiger partial charge in [0, 0.05) is 0 Å². The third kappa shape index (κ3) is 1.89. The van der Waals surface area contributed by atoms with Crippen LogP contribution in [-0.4, -0.2) is 20.0 Å². The maximum atomic E-state index is 12.4. The summed E-state index contributed by atoms with van der Waals surface area (Å²) in [6.07, 6.45) is 0. The Balaban J connectivity index is 2.90. The minimum Gasteiger partial charge on any atom is -0.272 e. The highest BCUT2D eigenvalue weighted by Gasteiger charge is 2.11. The first-order valence-electron chi connectivity index (χ1n) is 3.71. The van der Waals surface area contributed by atoms with Crippen LogP contribution in [-0.2, 0) is 0 Å². The van der Waals surface area contributed by atoms with Gasteiger partial charge in [-0.1, -0.05) is 0 Å². The van der Waals surface area contributed by atoms with Crippen molar-refractivity contribution >= 4 is 5.91 Å². The van der Waals surface area contributed by atoms with Crippen molar-refractivity contribution in [2.75, 3.05) is 14.1 Å². The molecule has 64 valence electrons. The highest BCUT2D eigenvalue weighted by atomic mass is 19.1. The van der Waals surface area contributed by atoms with Crippen LogP contribution in [0.4, 0.5) is 4.39 Å². The molecule has 0 unspecified atom stereocenters. The molecule has 0 atom stereocenters. The smallest absolute Gasteiger partial charge is 0.272 e. The summed E-state index contributed by atoms with van der Waals surface area (Å²) < 4.78 is 12.4. The van der Waals surface area contributed by atoms with Crippen LogP contribution >= 0.6 is 0 Å². The van der Waals surface area contributed by atoms with Crippen molar-refractivity contribution in [1.29, 1.82) is 0 Å². The van der Waals surface area contributed by atoms with E-state index in [-0.39, 0.29) is 11.7 Å². The number of nitrogens with one attached hydrogen (secondary N) is 1. The maximum Gasteiger partial charge on any atom is 0.343 e. The van der Waals surface area contributed by atoms with Gasteiger partial charge < -0.3 is 0 Å². The topological polar surface area (TPSA) is 21.5 Å². The molecule has 0 saturated carbocycles. The van der Waals surface area contributed by atoms with Gasteiger partial charge in [0.1, 0.15) is 5.82 Å². The van der Waals surface area contributed by atoms with Crippen LogP contribution in [0, 0.1) is 5.82 Å². The molecule has 12 heavy (non-hydrogen) atoms. The number of halogens is 1. The van der Waals surface area contributed by atoms with Crippen molar-refractivity contribution in [1.82, 2.24) is 0 Å². The standard InChI is InChI=1S/C9H10FNO/c1-11(2)9(12)7-3-5-8(10)6-4-7/h3-6H,1-2H3/p+1. The molecule has 2 nitrogen and oxygen atoms in total. The highest BCUT2D eigenvalue weighted by Crippen LogP contribution is 2.00. The van der Waals surface area contributed by atoms with Crippen LogP contribution in [0.3, 0.4) is 0 Å². The summed E-state index contributed by atoms with van der Waals surface area (Å²) in [7, 11) is 3.48. The Morgan fingerprint density at radius 3 is 2.17 bits per heavy atom. The van der Waals surface area contributed by atoms with Crippen molar-refractivity contribution in [3.8, 4) is 0 Å². The lowest BCUT2D eigenvalue weighted by molar-refractivity contribution is -0.767. The number of carbonyl (C=O) groups excluding carboxylic acids is 1. The molecule has 0 spiro atoms. The summed E-state index contributed by atoms with van der Waals surface area (Å²) in [6.45, 7) is 0. The summed E-state index contributed by atoms with van der Waals surface area (Å²) in [5.41, 5.74) is 0.538. The van der Waals surface area contributed by atoms with Crippen LogP contribution in [0.1, 0.15) is 10.4 Å². The van der Waals surface area contributed by atoms with E-state index in [4.69, 9.17) is 0 Å². The molecule has 1 aromatic carbocycles. The molecule has 1 N–H and O–H groups in total. The lowest BCUT2D eigenvalue weighted by Gasteiger charge is -2.03. The number of hydrogen-bond donors (Lipinski definition) is 1. The van der Waals surface area contributed by atoms with Gasteiger partial charge in [0.15, 0.2) is 0 Å². The number of amides is 1. The third-order valence-electron chi connectivity index (χ3n) is 1.56. The summed E-state index contributed by atoms with van der Waals surface area (Å²) >= 11 is 0. The zero-order valence-corrected chi connectivity index (χ0v) is 7.10. The second kappa shape index (κ2) is 3.45. The minimum atomic E-state index is -0.319. The summed E-state index contributed by atoms with van der Waals surface area (Å²) in [5.74, 6) is -0.352. The van der Waals surface area contributed by atoms with E-state index in [0.29, 0.717) is 10.5 Å². The molecule has 0 aliphatic carbocycles. The van der Waals surface area contributed by atoms with Crippen LogP contribution in [0.25, 0.3) is 0 Å². The van der Waals surface area contributed by atoms with Crippen molar-refractivity contribution in [2.45, 2.75) is 0 Å². The Hall–Kier alpha value is -1.22. The first-order valence-corrected chi connectivity index (χ1v) is 3.71. The average molecular weight is 168 g/mol. The molecule has 0 fully saturated rings. The molecule has 0 aromatic heterocycles. The van der Waals surface area contributed by atoms with Crippen LogP contribution in [0.15, 0.2) is 24.3 Å². The number of rotatable bonds is 1. The molecule has 0 radical (unpaired) electrons. The monoisotopic (exact) mass is 168 g/mol. The van der Waals surface area contributed by atoms with Gasteiger partial charge in [-0.3, -0.25) is 4.90 Å². The van der Waals surface area contributed by atoms with E-state index >= 15 is 0 Å². The molecule has 0 aliphatic heterocycles. The molecular formula is C9H11FNO+. The van der Waals surface area contributed by atoms with E-state index in [2.05, 4.69) is 0 Å². The third-order valence-corrected chi connectivity index (χ3v) is 1.56. The molecule has 1 amide bonds. The molecule has 1 rings (SSSR count). The predicted molar refractivity (Wildman–Crippen MR) is 43.5 cm³/mol. The van der Waals surface area contributed by atoms with Crippen molar-refractivity contribution in [3.05, 3.63) is 35.6 Å². The molecule has 0 aliphatic rings. The zero-order valence-electron chi connectivity index (χ0n) is 7.10. The molecule has 0 bridgehead atoms. The lowest BCUT2D eigenvalue weighted by Crippen LogP contribution is -3.08. The Bertz CT molecular complexity index is 279. The fourth-order valence-corrected chi connectivity index (χ4v) is 0.890. The van der Waals surface area contributed by atoms with E-state index in [1.54, 1.807) is 14.1 Å². The summed E-state index contributed by atoms with van der Waals surface area (Å²) in [6, 6.07) is 5.56. The number of quaternary nitrogens is 1. The normalized spacial score (nSPS) is 10.3.